The second-order valence-corrected chi connectivity index (χ2v) is 5.24. The summed E-state index contributed by atoms with van der Waals surface area (Å²) in [5, 5.41) is 11.2. The molecule has 0 saturated carbocycles. The van der Waals surface area contributed by atoms with E-state index in [1.54, 1.807) is 12.4 Å². The molecule has 130 valence electrons. The first kappa shape index (κ1) is 16.7. The number of nitrogens with zero attached hydrogens (tertiary/aromatic N) is 4. The molecule has 2 aromatic heterocycles. The van der Waals surface area contributed by atoms with E-state index in [1.165, 1.54) is 28.9 Å². The maximum Gasteiger partial charge on any atom is 0.573 e. The van der Waals surface area contributed by atoms with Crippen molar-refractivity contribution in [1.29, 1.82) is 0 Å². The first-order valence-corrected chi connectivity index (χ1v) is 7.33. The van der Waals surface area contributed by atoms with Crippen LogP contribution in [0.15, 0.2) is 48.8 Å². The molecule has 0 atom stereocenters. The molecule has 3 rings (SSSR count). The van der Waals surface area contributed by atoms with Crippen LogP contribution in [0.4, 0.5) is 18.9 Å². The number of hydrogen-bond donors (Lipinski definition) is 1. The van der Waals surface area contributed by atoms with Crippen LogP contribution < -0.4 is 10.1 Å². The number of alkyl halides is 3. The molecule has 0 aliphatic rings. The fourth-order valence-corrected chi connectivity index (χ4v) is 2.15. The summed E-state index contributed by atoms with van der Waals surface area (Å²) >= 11 is 0. The monoisotopic (exact) mass is 349 g/mol. The Kier molecular flexibility index (Phi) is 4.55. The quantitative estimate of drug-likeness (QED) is 0.764. The molecule has 25 heavy (non-hydrogen) atoms. The summed E-state index contributed by atoms with van der Waals surface area (Å²) in [4.78, 5) is 4.12. The number of anilines is 1. The van der Waals surface area contributed by atoms with Crippen molar-refractivity contribution in [3.05, 3.63) is 60.2 Å². The fraction of sp³-hybridized carbons (Fsp3) is 0.188. The highest BCUT2D eigenvalue weighted by molar-refractivity contribution is 5.43. The van der Waals surface area contributed by atoms with E-state index < -0.39 is 6.36 Å². The zero-order chi connectivity index (χ0) is 17.9. The van der Waals surface area contributed by atoms with Gasteiger partial charge in [-0.3, -0.25) is 4.98 Å². The Morgan fingerprint density at radius 1 is 1.16 bits per heavy atom. The van der Waals surface area contributed by atoms with Crippen molar-refractivity contribution in [3.63, 3.8) is 0 Å². The maximum atomic E-state index is 12.2. The van der Waals surface area contributed by atoms with E-state index in [0.29, 0.717) is 17.9 Å². The smallest absolute Gasteiger partial charge is 0.406 e. The minimum absolute atomic E-state index is 0.286. The summed E-state index contributed by atoms with van der Waals surface area (Å²) in [6.07, 6.45) is -1.31. The highest BCUT2D eigenvalue weighted by Crippen LogP contribution is 2.23. The summed E-state index contributed by atoms with van der Waals surface area (Å²) < 4.78 is 41.8. The van der Waals surface area contributed by atoms with Gasteiger partial charge in [-0.25, -0.2) is 4.68 Å². The van der Waals surface area contributed by atoms with Crippen LogP contribution >= 0.6 is 0 Å². The van der Waals surface area contributed by atoms with Gasteiger partial charge in [-0.2, -0.15) is 0 Å². The van der Waals surface area contributed by atoms with Crippen molar-refractivity contribution in [2.45, 2.75) is 19.8 Å². The van der Waals surface area contributed by atoms with Gasteiger partial charge < -0.3 is 10.1 Å². The lowest BCUT2D eigenvalue weighted by Gasteiger charge is -2.09. The third-order valence-corrected chi connectivity index (χ3v) is 3.25. The molecule has 0 spiro atoms. The van der Waals surface area contributed by atoms with Gasteiger partial charge in [-0.05, 0) is 43.3 Å². The lowest BCUT2D eigenvalue weighted by atomic mass is 10.3. The first-order chi connectivity index (χ1) is 11.9. The SMILES string of the molecule is Cc1cc(NCc2cn(-c3ccc(OC(F)(F)F)cc3)nn2)ccn1. The van der Waals surface area contributed by atoms with Crippen molar-refractivity contribution in [3.8, 4) is 11.4 Å². The maximum absolute atomic E-state index is 12.2. The van der Waals surface area contributed by atoms with Crippen molar-refractivity contribution in [2.24, 2.45) is 0 Å². The van der Waals surface area contributed by atoms with Crippen LogP contribution in [0.1, 0.15) is 11.4 Å². The van der Waals surface area contributed by atoms with Gasteiger partial charge in [0, 0.05) is 17.6 Å². The largest absolute Gasteiger partial charge is 0.573 e. The predicted molar refractivity (Wildman–Crippen MR) is 84.3 cm³/mol. The number of aromatic nitrogens is 4. The van der Waals surface area contributed by atoms with Gasteiger partial charge >= 0.3 is 6.36 Å². The van der Waals surface area contributed by atoms with Gasteiger partial charge in [-0.1, -0.05) is 5.21 Å². The van der Waals surface area contributed by atoms with Gasteiger partial charge in [0.05, 0.1) is 18.4 Å². The van der Waals surface area contributed by atoms with Crippen LogP contribution in [0.25, 0.3) is 5.69 Å². The molecule has 3 aromatic rings. The van der Waals surface area contributed by atoms with E-state index in [9.17, 15) is 13.2 Å². The first-order valence-electron chi connectivity index (χ1n) is 7.33. The van der Waals surface area contributed by atoms with Crippen LogP contribution in [0.2, 0.25) is 0 Å². The number of ether oxygens (including phenoxy) is 1. The number of benzene rings is 1. The van der Waals surface area contributed by atoms with Crippen LogP contribution in [0.3, 0.4) is 0 Å². The summed E-state index contributed by atoms with van der Waals surface area (Å²) in [5.41, 5.74) is 3.07. The van der Waals surface area contributed by atoms with Crippen molar-refractivity contribution in [1.82, 2.24) is 20.0 Å². The second-order valence-electron chi connectivity index (χ2n) is 5.24. The van der Waals surface area contributed by atoms with Crippen LogP contribution in [-0.2, 0) is 6.54 Å². The molecule has 0 amide bonds. The molecule has 1 N–H and O–H groups in total. The lowest BCUT2D eigenvalue weighted by Crippen LogP contribution is -2.17. The van der Waals surface area contributed by atoms with E-state index in [2.05, 4.69) is 25.3 Å². The van der Waals surface area contributed by atoms with E-state index in [-0.39, 0.29) is 5.75 Å². The average molecular weight is 349 g/mol. The topological polar surface area (TPSA) is 64.9 Å². The molecule has 0 aliphatic carbocycles. The molecule has 0 fully saturated rings. The van der Waals surface area contributed by atoms with Crippen molar-refractivity contribution < 1.29 is 17.9 Å². The molecule has 1 aromatic carbocycles. The van der Waals surface area contributed by atoms with E-state index in [0.717, 1.165) is 11.4 Å². The molecule has 0 radical (unpaired) electrons. The molecule has 6 nitrogen and oxygen atoms in total. The minimum atomic E-state index is -4.71. The van der Waals surface area contributed by atoms with Gasteiger partial charge in [0.1, 0.15) is 11.4 Å². The van der Waals surface area contributed by atoms with E-state index in [1.807, 2.05) is 19.1 Å². The number of rotatable bonds is 5. The fourth-order valence-electron chi connectivity index (χ4n) is 2.15. The van der Waals surface area contributed by atoms with Crippen LogP contribution in [-0.4, -0.2) is 26.3 Å². The highest BCUT2D eigenvalue weighted by Gasteiger charge is 2.30. The summed E-state index contributed by atoms with van der Waals surface area (Å²) in [6, 6.07) is 9.14. The normalized spacial score (nSPS) is 11.4. The predicted octanol–water partition coefficient (Wildman–Crippen LogP) is 3.48. The Labute approximate surface area is 141 Å². The average Bonchev–Trinajstić information content (AvgIpc) is 3.01. The molecule has 9 heteroatoms. The second kappa shape index (κ2) is 6.80. The van der Waals surface area contributed by atoms with E-state index in [4.69, 9.17) is 0 Å². The zero-order valence-corrected chi connectivity index (χ0v) is 13.2. The number of aryl methyl sites for hydroxylation is 1. The molecular formula is C16H14F3N5O. The van der Waals surface area contributed by atoms with Gasteiger partial charge in [0.25, 0.3) is 0 Å². The molecule has 0 saturated heterocycles. The standard InChI is InChI=1S/C16H14F3N5O/c1-11-8-12(6-7-20-11)21-9-13-10-24(23-22-13)14-2-4-15(5-3-14)25-16(17,18)19/h2-8,10H,9H2,1H3,(H,20,21). The van der Waals surface area contributed by atoms with Crippen LogP contribution in [0, 0.1) is 6.92 Å². The lowest BCUT2D eigenvalue weighted by molar-refractivity contribution is -0.274. The molecule has 0 unspecified atom stereocenters. The zero-order valence-electron chi connectivity index (χ0n) is 13.2. The molecule has 0 bridgehead atoms. The van der Waals surface area contributed by atoms with Crippen molar-refractivity contribution in [2.75, 3.05) is 5.32 Å². The Morgan fingerprint density at radius 2 is 1.92 bits per heavy atom. The number of nitrogens with one attached hydrogen (secondary N) is 1. The molecule has 0 aliphatic heterocycles. The third kappa shape index (κ3) is 4.69. The summed E-state index contributed by atoms with van der Waals surface area (Å²) in [7, 11) is 0. The number of pyridine rings is 1. The third-order valence-electron chi connectivity index (χ3n) is 3.25. The van der Waals surface area contributed by atoms with Gasteiger partial charge in [-0.15, -0.1) is 18.3 Å². The Bertz CT molecular complexity index is 845. The Balaban J connectivity index is 1.65. The molecule has 2 heterocycles. The minimum Gasteiger partial charge on any atom is -0.406 e. The Hall–Kier alpha value is -3.10. The number of halogens is 3. The summed E-state index contributed by atoms with van der Waals surface area (Å²) in [6.45, 7) is 2.35. The molecular weight excluding hydrogens is 335 g/mol. The summed E-state index contributed by atoms with van der Waals surface area (Å²) in [5.74, 6) is -0.286. The van der Waals surface area contributed by atoms with E-state index >= 15 is 0 Å². The Morgan fingerprint density at radius 3 is 2.60 bits per heavy atom. The van der Waals surface area contributed by atoms with Crippen molar-refractivity contribution >= 4 is 5.69 Å². The van der Waals surface area contributed by atoms with Gasteiger partial charge in [0.15, 0.2) is 0 Å². The van der Waals surface area contributed by atoms with Gasteiger partial charge in [0.2, 0.25) is 0 Å². The van der Waals surface area contributed by atoms with Crippen LogP contribution in [0.5, 0.6) is 5.75 Å². The highest BCUT2D eigenvalue weighted by atomic mass is 19.4. The number of hydrogen-bond acceptors (Lipinski definition) is 5.